The van der Waals surface area contributed by atoms with Gasteiger partial charge < -0.3 is 4.90 Å². The average Bonchev–Trinajstić information content (AvgIpc) is 2.56. The van der Waals surface area contributed by atoms with Gasteiger partial charge in [0.05, 0.1) is 0 Å². The lowest BCUT2D eigenvalue weighted by atomic mass is 9.71. The summed E-state index contributed by atoms with van der Waals surface area (Å²) in [6, 6.07) is 4.45. The molecule has 2 aliphatic heterocycles. The van der Waals surface area contributed by atoms with Gasteiger partial charge in [-0.3, -0.25) is 0 Å². The van der Waals surface area contributed by atoms with Gasteiger partial charge >= 0.3 is 0 Å². The minimum absolute atomic E-state index is 0.562. The van der Waals surface area contributed by atoms with Crippen molar-refractivity contribution in [1.29, 1.82) is 0 Å². The number of pyridine rings is 1. The molecule has 2 aliphatic rings. The van der Waals surface area contributed by atoms with Crippen LogP contribution in [-0.2, 0) is 0 Å². The van der Waals surface area contributed by atoms with Gasteiger partial charge in [0.25, 0.3) is 0 Å². The van der Waals surface area contributed by atoms with Crippen molar-refractivity contribution in [3.05, 3.63) is 23.9 Å². The Morgan fingerprint density at radius 2 is 1.73 bits per heavy atom. The maximum absolute atomic E-state index is 4.70. The van der Waals surface area contributed by atoms with Gasteiger partial charge in [0, 0.05) is 53.6 Å². The van der Waals surface area contributed by atoms with Crippen molar-refractivity contribution in [3.63, 3.8) is 0 Å². The zero-order valence-electron chi connectivity index (χ0n) is 13.6. The summed E-state index contributed by atoms with van der Waals surface area (Å²) >= 11 is 2.41. The van der Waals surface area contributed by atoms with Crippen molar-refractivity contribution in [2.45, 2.75) is 45.4 Å². The molecular weight excluding hydrogens is 405 g/mol. The van der Waals surface area contributed by atoms with E-state index >= 15 is 0 Å². The Labute approximate surface area is 151 Å². The summed E-state index contributed by atoms with van der Waals surface area (Å²) in [6.45, 7) is 9.31. The minimum Gasteiger partial charge on any atom is -0.357 e. The van der Waals surface area contributed by atoms with Gasteiger partial charge in [-0.15, -0.1) is 0 Å². The van der Waals surface area contributed by atoms with E-state index in [1.807, 2.05) is 9.12 Å². The summed E-state index contributed by atoms with van der Waals surface area (Å²) in [4.78, 5) is 7.18. The van der Waals surface area contributed by atoms with Crippen LogP contribution in [0.25, 0.3) is 0 Å². The number of aromatic nitrogens is 1. The molecule has 3 nitrogen and oxygen atoms in total. The molecule has 3 heterocycles. The van der Waals surface area contributed by atoms with Crippen molar-refractivity contribution in [1.82, 2.24) is 9.29 Å². The number of nitrogens with zero attached hydrogens (tertiary/aromatic N) is 3. The summed E-state index contributed by atoms with van der Waals surface area (Å²) < 4.78 is 2.50. The number of piperidine rings is 2. The number of anilines is 1. The van der Waals surface area contributed by atoms with Crippen LogP contribution in [0.4, 0.5) is 5.82 Å². The van der Waals surface area contributed by atoms with Crippen LogP contribution in [0.15, 0.2) is 18.3 Å². The Morgan fingerprint density at radius 1 is 1.09 bits per heavy atom. The first-order valence-corrected chi connectivity index (χ1v) is 11.7. The zero-order chi connectivity index (χ0) is 15.6. The fourth-order valence-corrected chi connectivity index (χ4v) is 5.17. The van der Waals surface area contributed by atoms with Crippen LogP contribution in [0, 0.1) is 5.41 Å². The molecule has 1 aromatic rings. The maximum atomic E-state index is 4.70. The smallest absolute Gasteiger partial charge is 0.128 e. The second kappa shape index (κ2) is 7.26. The average molecular weight is 431 g/mol. The first kappa shape index (κ1) is 16.8. The molecule has 0 amide bonds. The van der Waals surface area contributed by atoms with E-state index in [0.29, 0.717) is 11.3 Å². The standard InChI is InChI=1S/C17H26IN3S/c1-14(2)15-3-4-16(19-13-15)20-9-5-17(6-10-20)7-11-21(22-18)12-8-17/h3-4,13-14H,5-12H2,1-2H3. The van der Waals surface area contributed by atoms with Gasteiger partial charge in [-0.2, -0.15) is 0 Å². The van der Waals surface area contributed by atoms with E-state index < -0.39 is 0 Å². The molecule has 0 aliphatic carbocycles. The van der Waals surface area contributed by atoms with E-state index in [1.165, 1.54) is 63.2 Å². The van der Waals surface area contributed by atoms with E-state index in [4.69, 9.17) is 4.98 Å². The molecule has 3 rings (SSSR count). The minimum atomic E-state index is 0.562. The zero-order valence-corrected chi connectivity index (χ0v) is 16.6. The molecule has 0 unspecified atom stereocenters. The Balaban J connectivity index is 1.57. The Hall–Kier alpha value is -0.0100. The highest BCUT2D eigenvalue weighted by molar-refractivity contribution is 14.2. The molecule has 22 heavy (non-hydrogen) atoms. The largest absolute Gasteiger partial charge is 0.357 e. The lowest BCUT2D eigenvalue weighted by molar-refractivity contribution is 0.124. The molecule has 1 aromatic heterocycles. The van der Waals surface area contributed by atoms with Crippen LogP contribution in [0.3, 0.4) is 0 Å². The van der Waals surface area contributed by atoms with Crippen molar-refractivity contribution >= 4 is 36.1 Å². The highest BCUT2D eigenvalue weighted by atomic mass is 127. The fourth-order valence-electron chi connectivity index (χ4n) is 3.67. The van der Waals surface area contributed by atoms with Crippen LogP contribution in [-0.4, -0.2) is 35.5 Å². The quantitative estimate of drug-likeness (QED) is 0.502. The third kappa shape index (κ3) is 3.73. The summed E-state index contributed by atoms with van der Waals surface area (Å²) in [6.07, 6.45) is 7.47. The van der Waals surface area contributed by atoms with Crippen LogP contribution in [0.2, 0.25) is 0 Å². The van der Waals surface area contributed by atoms with Crippen molar-refractivity contribution < 1.29 is 0 Å². The molecule has 0 atom stereocenters. The maximum Gasteiger partial charge on any atom is 0.128 e. The van der Waals surface area contributed by atoms with Gasteiger partial charge in [-0.25, -0.2) is 9.29 Å². The Kier molecular flexibility index (Phi) is 5.56. The van der Waals surface area contributed by atoms with E-state index in [0.717, 1.165) is 0 Å². The third-order valence-corrected chi connectivity index (χ3v) is 7.70. The predicted molar refractivity (Wildman–Crippen MR) is 105 cm³/mol. The van der Waals surface area contributed by atoms with Crippen LogP contribution in [0.5, 0.6) is 0 Å². The van der Waals surface area contributed by atoms with Crippen molar-refractivity contribution in [2.24, 2.45) is 5.41 Å². The van der Waals surface area contributed by atoms with E-state index in [-0.39, 0.29) is 0 Å². The van der Waals surface area contributed by atoms with E-state index in [9.17, 15) is 0 Å². The van der Waals surface area contributed by atoms with Crippen LogP contribution < -0.4 is 4.90 Å². The molecule has 0 N–H and O–H groups in total. The summed E-state index contributed by atoms with van der Waals surface area (Å²) in [7, 11) is 1.88. The second-order valence-corrected chi connectivity index (χ2v) is 8.93. The van der Waals surface area contributed by atoms with E-state index in [2.05, 4.69) is 62.6 Å². The molecule has 0 bridgehead atoms. The Bertz CT molecular complexity index is 473. The van der Waals surface area contributed by atoms with Gasteiger partial charge in [0.1, 0.15) is 5.82 Å². The molecule has 0 radical (unpaired) electrons. The summed E-state index contributed by atoms with van der Waals surface area (Å²) in [5, 5.41) is 0. The number of hydrogen-bond donors (Lipinski definition) is 0. The normalized spacial score (nSPS) is 22.5. The molecule has 0 aromatic carbocycles. The highest BCUT2D eigenvalue weighted by Gasteiger charge is 2.37. The third-order valence-electron chi connectivity index (χ3n) is 5.47. The molecule has 5 heteroatoms. The molecular formula is C17H26IN3S. The summed E-state index contributed by atoms with van der Waals surface area (Å²) in [5.41, 5.74) is 1.94. The molecule has 0 saturated carbocycles. The van der Waals surface area contributed by atoms with Gasteiger partial charge in [0.2, 0.25) is 0 Å². The van der Waals surface area contributed by atoms with Crippen LogP contribution >= 0.6 is 30.3 Å². The Morgan fingerprint density at radius 3 is 2.23 bits per heavy atom. The fraction of sp³-hybridized carbons (Fsp3) is 0.706. The number of rotatable bonds is 3. The van der Waals surface area contributed by atoms with Gasteiger partial charge in [-0.1, -0.05) is 19.9 Å². The van der Waals surface area contributed by atoms with Gasteiger partial charge in [-0.05, 0) is 57.8 Å². The van der Waals surface area contributed by atoms with Crippen LogP contribution in [0.1, 0.15) is 51.0 Å². The first-order chi connectivity index (χ1) is 10.6. The molecule has 1 spiro atoms. The van der Waals surface area contributed by atoms with Crippen molar-refractivity contribution in [3.8, 4) is 0 Å². The topological polar surface area (TPSA) is 19.4 Å². The number of hydrogen-bond acceptors (Lipinski definition) is 4. The van der Waals surface area contributed by atoms with E-state index in [1.54, 1.807) is 0 Å². The SMILES string of the molecule is CC(C)c1ccc(N2CCC3(CCN(SI)CC3)CC2)nc1. The lowest BCUT2D eigenvalue weighted by Crippen LogP contribution is -2.45. The molecule has 2 fully saturated rings. The van der Waals surface area contributed by atoms with Crippen molar-refractivity contribution in [2.75, 3.05) is 31.1 Å². The lowest BCUT2D eigenvalue weighted by Gasteiger charge is -2.46. The van der Waals surface area contributed by atoms with Gasteiger partial charge in [0.15, 0.2) is 0 Å². The molecule has 2 saturated heterocycles. The summed E-state index contributed by atoms with van der Waals surface area (Å²) in [5.74, 6) is 1.73. The first-order valence-electron chi connectivity index (χ1n) is 8.36. The molecule has 122 valence electrons. The monoisotopic (exact) mass is 431 g/mol. The highest BCUT2D eigenvalue weighted by Crippen LogP contribution is 2.43. The predicted octanol–water partition coefficient (Wildman–Crippen LogP) is 4.89. The second-order valence-electron chi connectivity index (χ2n) is 7.09. The number of halogens is 1.